The summed E-state index contributed by atoms with van der Waals surface area (Å²) in [5.74, 6) is 0. The van der Waals surface area contributed by atoms with Gasteiger partial charge in [-0.05, 0) is 61.1 Å². The Morgan fingerprint density at radius 2 is 1.82 bits per heavy atom. The normalized spacial score (nSPS) is 11.1. The van der Waals surface area contributed by atoms with Gasteiger partial charge in [0.05, 0.1) is 0 Å². The Kier molecular flexibility index (Phi) is 4.80. The first-order chi connectivity index (χ1) is 7.78. The van der Waals surface area contributed by atoms with Gasteiger partial charge in [-0.15, -0.1) is 0 Å². The van der Waals surface area contributed by atoms with Crippen LogP contribution in [0.4, 0.5) is 4.79 Å². The summed E-state index contributed by atoms with van der Waals surface area (Å²) < 4.78 is 6.47. The molecule has 0 saturated heterocycles. The summed E-state index contributed by atoms with van der Waals surface area (Å²) in [6, 6.07) is 8.09. The highest BCUT2D eigenvalue weighted by Gasteiger charge is 2.19. The molecule has 0 heterocycles. The summed E-state index contributed by atoms with van der Waals surface area (Å²) in [5.41, 5.74) is 0.649. The number of hydrogen-bond acceptors (Lipinski definition) is 2. The van der Waals surface area contributed by atoms with E-state index in [4.69, 9.17) is 4.74 Å². The molecule has 0 spiro atoms. The smallest absolute Gasteiger partial charge is 0.410 e. The van der Waals surface area contributed by atoms with Crippen LogP contribution < -0.4 is 0 Å². The fourth-order valence-electron chi connectivity index (χ4n) is 1.27. The minimum atomic E-state index is -0.447. The van der Waals surface area contributed by atoms with Crippen LogP contribution in [0.5, 0.6) is 0 Å². The zero-order valence-corrected chi connectivity index (χ0v) is 12.8. The summed E-state index contributed by atoms with van der Waals surface area (Å²) in [5, 5.41) is 0. The molecule has 0 aromatic heterocycles. The Morgan fingerprint density at radius 1 is 1.29 bits per heavy atom. The van der Waals surface area contributed by atoms with Crippen LogP contribution in [0.15, 0.2) is 24.3 Å². The van der Waals surface area contributed by atoms with Crippen molar-refractivity contribution in [1.29, 1.82) is 0 Å². The minimum Gasteiger partial charge on any atom is -0.444 e. The first-order valence-electron chi connectivity index (χ1n) is 5.46. The number of halogens is 1. The molecule has 1 aromatic carbocycles. The molecule has 17 heavy (non-hydrogen) atoms. The maximum atomic E-state index is 11.7. The number of hydrogen-bond donors (Lipinski definition) is 0. The third kappa shape index (κ3) is 5.39. The molecule has 0 bridgehead atoms. The highest BCUT2D eigenvalue weighted by Crippen LogP contribution is 2.12. The van der Waals surface area contributed by atoms with Crippen molar-refractivity contribution < 1.29 is 9.53 Å². The van der Waals surface area contributed by atoms with Crippen LogP contribution in [-0.2, 0) is 11.3 Å². The molecule has 0 atom stereocenters. The second-order valence-corrected chi connectivity index (χ2v) is 6.21. The van der Waals surface area contributed by atoms with Crippen molar-refractivity contribution in [3.63, 3.8) is 0 Å². The molecule has 0 aliphatic heterocycles. The standard InChI is InChI=1S/C13H18INO2/c1-13(2,3)17-12(16)15(4)9-10-5-7-11(14)8-6-10/h5-8H,9H2,1-4H3. The molecule has 0 fully saturated rings. The van der Waals surface area contributed by atoms with Crippen molar-refractivity contribution in [2.75, 3.05) is 7.05 Å². The topological polar surface area (TPSA) is 29.5 Å². The van der Waals surface area contributed by atoms with Gasteiger partial charge in [-0.3, -0.25) is 0 Å². The van der Waals surface area contributed by atoms with E-state index in [0.29, 0.717) is 6.54 Å². The molecule has 94 valence electrons. The number of nitrogens with zero attached hydrogens (tertiary/aromatic N) is 1. The molecule has 1 aromatic rings. The zero-order valence-electron chi connectivity index (χ0n) is 10.7. The Bertz CT molecular complexity index is 381. The highest BCUT2D eigenvalue weighted by molar-refractivity contribution is 14.1. The van der Waals surface area contributed by atoms with Gasteiger partial charge in [0, 0.05) is 17.2 Å². The fourth-order valence-corrected chi connectivity index (χ4v) is 1.63. The SMILES string of the molecule is CN(Cc1ccc(I)cc1)C(=O)OC(C)(C)C. The maximum absolute atomic E-state index is 11.7. The molecule has 1 rings (SSSR count). The van der Waals surface area contributed by atoms with Crippen molar-refractivity contribution in [1.82, 2.24) is 4.90 Å². The number of rotatable bonds is 2. The average Bonchev–Trinajstić information content (AvgIpc) is 2.19. The third-order valence-corrected chi connectivity index (χ3v) is 2.76. The Hall–Kier alpha value is -0.780. The van der Waals surface area contributed by atoms with E-state index in [1.165, 1.54) is 3.57 Å². The predicted molar refractivity (Wildman–Crippen MR) is 76.9 cm³/mol. The number of carbonyl (C=O) groups is 1. The Morgan fingerprint density at radius 3 is 2.29 bits per heavy atom. The van der Waals surface area contributed by atoms with Crippen LogP contribution in [0.2, 0.25) is 0 Å². The molecule has 0 aliphatic carbocycles. The van der Waals surface area contributed by atoms with Crippen LogP contribution in [0.1, 0.15) is 26.3 Å². The van der Waals surface area contributed by atoms with Crippen molar-refractivity contribution in [2.24, 2.45) is 0 Å². The first-order valence-corrected chi connectivity index (χ1v) is 6.54. The second kappa shape index (κ2) is 5.71. The molecule has 0 radical (unpaired) electrons. The third-order valence-electron chi connectivity index (χ3n) is 2.04. The summed E-state index contributed by atoms with van der Waals surface area (Å²) >= 11 is 2.26. The summed E-state index contributed by atoms with van der Waals surface area (Å²) in [4.78, 5) is 13.3. The minimum absolute atomic E-state index is 0.295. The molecule has 4 heteroatoms. The van der Waals surface area contributed by atoms with Crippen LogP contribution in [0, 0.1) is 3.57 Å². The van der Waals surface area contributed by atoms with Crippen LogP contribution >= 0.6 is 22.6 Å². The fraction of sp³-hybridized carbons (Fsp3) is 0.462. The molecular formula is C13H18INO2. The van der Waals surface area contributed by atoms with Crippen molar-refractivity contribution in [2.45, 2.75) is 32.9 Å². The van der Waals surface area contributed by atoms with Crippen molar-refractivity contribution in [3.8, 4) is 0 Å². The van der Waals surface area contributed by atoms with E-state index in [2.05, 4.69) is 22.6 Å². The Labute approximate surface area is 116 Å². The number of ether oxygens (including phenoxy) is 1. The first kappa shape index (κ1) is 14.3. The second-order valence-electron chi connectivity index (χ2n) is 4.96. The lowest BCUT2D eigenvalue weighted by atomic mass is 10.2. The lowest BCUT2D eigenvalue weighted by Gasteiger charge is -2.24. The molecule has 0 N–H and O–H groups in total. The predicted octanol–water partition coefficient (Wildman–Crippen LogP) is 3.66. The molecular weight excluding hydrogens is 329 g/mol. The van der Waals surface area contributed by atoms with Crippen molar-refractivity contribution >= 4 is 28.7 Å². The van der Waals surface area contributed by atoms with E-state index < -0.39 is 5.60 Å². The average molecular weight is 347 g/mol. The van der Waals surface area contributed by atoms with Gasteiger partial charge in [0.25, 0.3) is 0 Å². The van der Waals surface area contributed by atoms with Gasteiger partial charge in [0.1, 0.15) is 5.60 Å². The number of benzene rings is 1. The van der Waals surface area contributed by atoms with Gasteiger partial charge in [0.2, 0.25) is 0 Å². The summed E-state index contributed by atoms with van der Waals surface area (Å²) in [6.45, 7) is 6.16. The van der Waals surface area contributed by atoms with Gasteiger partial charge in [-0.1, -0.05) is 12.1 Å². The summed E-state index contributed by atoms with van der Waals surface area (Å²) in [7, 11) is 1.74. The van der Waals surface area contributed by atoms with E-state index in [1.807, 2.05) is 45.0 Å². The molecule has 3 nitrogen and oxygen atoms in total. The zero-order chi connectivity index (χ0) is 13.1. The molecule has 0 unspecified atom stereocenters. The van der Waals surface area contributed by atoms with E-state index in [0.717, 1.165) is 5.56 Å². The molecule has 0 saturated carbocycles. The van der Waals surface area contributed by atoms with Gasteiger partial charge in [-0.2, -0.15) is 0 Å². The van der Waals surface area contributed by atoms with E-state index in [-0.39, 0.29) is 6.09 Å². The van der Waals surface area contributed by atoms with Crippen LogP contribution in [-0.4, -0.2) is 23.6 Å². The molecule has 0 aliphatic rings. The largest absolute Gasteiger partial charge is 0.444 e. The quantitative estimate of drug-likeness (QED) is 0.765. The van der Waals surface area contributed by atoms with E-state index in [9.17, 15) is 4.79 Å². The lowest BCUT2D eigenvalue weighted by Crippen LogP contribution is -2.33. The van der Waals surface area contributed by atoms with E-state index >= 15 is 0 Å². The van der Waals surface area contributed by atoms with E-state index in [1.54, 1.807) is 11.9 Å². The highest BCUT2D eigenvalue weighted by atomic mass is 127. The van der Waals surface area contributed by atoms with Gasteiger partial charge in [-0.25, -0.2) is 4.79 Å². The number of carbonyl (C=O) groups excluding carboxylic acids is 1. The number of amides is 1. The Balaban J connectivity index is 2.57. The van der Waals surface area contributed by atoms with Crippen LogP contribution in [0.3, 0.4) is 0 Å². The molecule has 1 amide bonds. The maximum Gasteiger partial charge on any atom is 0.410 e. The van der Waals surface area contributed by atoms with Gasteiger partial charge in [0.15, 0.2) is 0 Å². The van der Waals surface area contributed by atoms with Gasteiger partial charge >= 0.3 is 6.09 Å². The van der Waals surface area contributed by atoms with Gasteiger partial charge < -0.3 is 9.64 Å². The monoisotopic (exact) mass is 347 g/mol. The van der Waals surface area contributed by atoms with Crippen LogP contribution in [0.25, 0.3) is 0 Å². The summed E-state index contributed by atoms with van der Waals surface area (Å²) in [6.07, 6.45) is -0.295. The lowest BCUT2D eigenvalue weighted by molar-refractivity contribution is 0.0285. The van der Waals surface area contributed by atoms with Crippen molar-refractivity contribution in [3.05, 3.63) is 33.4 Å².